The molecule has 1 amide bonds. The van der Waals surface area contributed by atoms with E-state index in [1.807, 2.05) is 30.3 Å². The second-order valence-electron chi connectivity index (χ2n) is 7.56. The maximum atomic E-state index is 13.4. The van der Waals surface area contributed by atoms with E-state index in [4.69, 9.17) is 0 Å². The third-order valence-electron chi connectivity index (χ3n) is 5.23. The number of carbonyl (C=O) groups is 1. The summed E-state index contributed by atoms with van der Waals surface area (Å²) in [7, 11) is 0. The third-order valence-corrected chi connectivity index (χ3v) is 5.23. The van der Waals surface area contributed by atoms with Gasteiger partial charge in [-0.1, -0.05) is 42.0 Å². The third kappa shape index (κ3) is 4.68. The minimum atomic E-state index is -4.58. The number of alkyl halides is 3. The highest BCUT2D eigenvalue weighted by Gasteiger charge is 2.37. The van der Waals surface area contributed by atoms with Gasteiger partial charge in [-0.25, -0.2) is 9.97 Å². The highest BCUT2D eigenvalue weighted by Crippen LogP contribution is 2.33. The predicted molar refractivity (Wildman–Crippen MR) is 112 cm³/mol. The first-order valence-corrected chi connectivity index (χ1v) is 9.93. The van der Waals surface area contributed by atoms with Crippen molar-refractivity contribution in [2.45, 2.75) is 25.6 Å². The number of rotatable bonds is 4. The fourth-order valence-electron chi connectivity index (χ4n) is 3.69. The lowest BCUT2D eigenvalue weighted by molar-refractivity contribution is -0.138. The van der Waals surface area contributed by atoms with Crippen molar-refractivity contribution in [1.82, 2.24) is 14.9 Å². The molecule has 0 aliphatic carbocycles. The summed E-state index contributed by atoms with van der Waals surface area (Å²) in [6.45, 7) is 2.35. The van der Waals surface area contributed by atoms with Gasteiger partial charge in [-0.2, -0.15) is 13.2 Å². The molecular formula is C23H21F3N4O. The molecule has 160 valence electrons. The highest BCUT2D eigenvalue weighted by molar-refractivity contribution is 5.96. The number of halogens is 3. The van der Waals surface area contributed by atoms with E-state index in [0.717, 1.165) is 11.6 Å². The smallest absolute Gasteiger partial charge is 0.365 e. The number of likely N-dealkylation sites (tertiary alicyclic amines) is 1. The molecule has 8 heteroatoms. The Bertz CT molecular complexity index is 1090. The van der Waals surface area contributed by atoms with Crippen LogP contribution in [0.2, 0.25) is 0 Å². The summed E-state index contributed by atoms with van der Waals surface area (Å²) in [4.78, 5) is 23.1. The van der Waals surface area contributed by atoms with Crippen LogP contribution in [-0.2, 0) is 6.18 Å². The van der Waals surface area contributed by atoms with E-state index in [9.17, 15) is 18.0 Å². The van der Waals surface area contributed by atoms with Gasteiger partial charge >= 0.3 is 6.18 Å². The summed E-state index contributed by atoms with van der Waals surface area (Å²) >= 11 is 0. The molecule has 2 aromatic carbocycles. The lowest BCUT2D eigenvalue weighted by Crippen LogP contribution is -2.33. The summed E-state index contributed by atoms with van der Waals surface area (Å²) in [5.41, 5.74) is 0.289. The van der Waals surface area contributed by atoms with Crippen LogP contribution in [-0.4, -0.2) is 39.9 Å². The molecule has 4 rings (SSSR count). The van der Waals surface area contributed by atoms with Crippen molar-refractivity contribution in [2.75, 3.05) is 18.4 Å². The van der Waals surface area contributed by atoms with Crippen molar-refractivity contribution in [3.8, 4) is 11.4 Å². The van der Waals surface area contributed by atoms with Crippen LogP contribution >= 0.6 is 0 Å². The Morgan fingerprint density at radius 3 is 2.65 bits per heavy atom. The van der Waals surface area contributed by atoms with E-state index < -0.39 is 17.6 Å². The molecule has 2 heterocycles. The number of carbonyl (C=O) groups excluding carboxylic acids is 1. The Balaban J connectivity index is 1.47. The van der Waals surface area contributed by atoms with Gasteiger partial charge in [0.25, 0.3) is 5.91 Å². The van der Waals surface area contributed by atoms with Crippen molar-refractivity contribution in [2.24, 2.45) is 0 Å². The van der Waals surface area contributed by atoms with E-state index in [0.29, 0.717) is 36.7 Å². The first-order valence-electron chi connectivity index (χ1n) is 9.93. The molecule has 1 atom stereocenters. The molecule has 0 spiro atoms. The highest BCUT2D eigenvalue weighted by atomic mass is 19.4. The zero-order valence-corrected chi connectivity index (χ0v) is 16.9. The van der Waals surface area contributed by atoms with Gasteiger partial charge in [-0.15, -0.1) is 0 Å². The number of hydrogen-bond acceptors (Lipinski definition) is 4. The number of nitrogens with zero attached hydrogens (tertiary/aromatic N) is 3. The van der Waals surface area contributed by atoms with Crippen LogP contribution in [0.3, 0.4) is 0 Å². The summed E-state index contributed by atoms with van der Waals surface area (Å²) in [6, 6.07) is 14.8. The molecule has 1 N–H and O–H groups in total. The zero-order chi connectivity index (χ0) is 22.0. The van der Waals surface area contributed by atoms with Crippen molar-refractivity contribution >= 4 is 11.7 Å². The van der Waals surface area contributed by atoms with E-state index in [1.54, 1.807) is 19.2 Å². The van der Waals surface area contributed by atoms with E-state index in [2.05, 4.69) is 15.3 Å². The second-order valence-corrected chi connectivity index (χ2v) is 7.56. The Hall–Kier alpha value is -3.42. The first kappa shape index (κ1) is 20.8. The number of amides is 1. The Morgan fingerprint density at radius 2 is 1.90 bits per heavy atom. The topological polar surface area (TPSA) is 58.1 Å². The van der Waals surface area contributed by atoms with Crippen LogP contribution in [0.5, 0.6) is 0 Å². The molecule has 1 saturated heterocycles. The molecule has 3 aromatic rings. The number of aryl methyl sites for hydroxylation is 1. The number of hydrogen-bond donors (Lipinski definition) is 1. The van der Waals surface area contributed by atoms with Crippen molar-refractivity contribution in [3.63, 3.8) is 0 Å². The maximum absolute atomic E-state index is 13.4. The molecule has 1 aliphatic heterocycles. The molecule has 1 fully saturated rings. The molecule has 1 aromatic heterocycles. The molecule has 0 saturated carbocycles. The monoisotopic (exact) mass is 426 g/mol. The summed E-state index contributed by atoms with van der Waals surface area (Å²) in [5.74, 6) is 0.582. The molecular weight excluding hydrogens is 405 g/mol. The van der Waals surface area contributed by atoms with Crippen molar-refractivity contribution < 1.29 is 18.0 Å². The van der Waals surface area contributed by atoms with Crippen LogP contribution in [0.1, 0.15) is 27.9 Å². The van der Waals surface area contributed by atoms with Crippen LogP contribution in [0.25, 0.3) is 11.4 Å². The quantitative estimate of drug-likeness (QED) is 0.651. The van der Waals surface area contributed by atoms with E-state index in [1.165, 1.54) is 17.0 Å². The molecule has 5 nitrogen and oxygen atoms in total. The van der Waals surface area contributed by atoms with Gasteiger partial charge in [0.1, 0.15) is 5.82 Å². The summed E-state index contributed by atoms with van der Waals surface area (Å²) < 4.78 is 40.1. The minimum Gasteiger partial charge on any atom is -0.365 e. The Morgan fingerprint density at radius 1 is 1.13 bits per heavy atom. The average Bonchev–Trinajstić information content (AvgIpc) is 3.21. The Labute approximate surface area is 178 Å². The first-order chi connectivity index (χ1) is 14.8. The van der Waals surface area contributed by atoms with E-state index in [-0.39, 0.29) is 11.6 Å². The van der Waals surface area contributed by atoms with Gasteiger partial charge in [0.2, 0.25) is 0 Å². The normalized spacial score (nSPS) is 16.4. The molecule has 1 unspecified atom stereocenters. The van der Waals surface area contributed by atoms with Crippen LogP contribution in [0.4, 0.5) is 19.0 Å². The van der Waals surface area contributed by atoms with Gasteiger partial charge in [-0.3, -0.25) is 4.79 Å². The SMILES string of the molecule is Cc1ccc(C(F)(F)F)c(C(=O)N2CCC(Nc3ccnc(-c4ccccc4)n3)C2)c1. The summed E-state index contributed by atoms with van der Waals surface area (Å²) in [6.07, 6.45) is -2.31. The van der Waals surface area contributed by atoms with Gasteiger partial charge < -0.3 is 10.2 Å². The van der Waals surface area contributed by atoms with Crippen LogP contribution < -0.4 is 5.32 Å². The van der Waals surface area contributed by atoms with Gasteiger partial charge in [0, 0.05) is 30.9 Å². The Kier molecular flexibility index (Phi) is 5.63. The minimum absolute atomic E-state index is 0.110. The largest absolute Gasteiger partial charge is 0.417 e. The second kappa shape index (κ2) is 8.37. The van der Waals surface area contributed by atoms with Crippen molar-refractivity contribution in [3.05, 3.63) is 77.5 Å². The average molecular weight is 426 g/mol. The lowest BCUT2D eigenvalue weighted by atomic mass is 10.0. The number of benzene rings is 2. The fourth-order valence-corrected chi connectivity index (χ4v) is 3.69. The number of anilines is 1. The van der Waals surface area contributed by atoms with E-state index >= 15 is 0 Å². The maximum Gasteiger partial charge on any atom is 0.417 e. The van der Waals surface area contributed by atoms with Crippen LogP contribution in [0, 0.1) is 6.92 Å². The molecule has 31 heavy (non-hydrogen) atoms. The van der Waals surface area contributed by atoms with Gasteiger partial charge in [-0.05, 0) is 31.5 Å². The molecule has 0 bridgehead atoms. The number of nitrogens with one attached hydrogen (secondary N) is 1. The van der Waals surface area contributed by atoms with Crippen LogP contribution in [0.15, 0.2) is 60.8 Å². The van der Waals surface area contributed by atoms with Gasteiger partial charge in [0.15, 0.2) is 5.82 Å². The zero-order valence-electron chi connectivity index (χ0n) is 16.9. The lowest BCUT2D eigenvalue weighted by Gasteiger charge is -2.20. The standard InChI is InChI=1S/C23H21F3N4O/c1-15-7-8-19(23(24,25)26)18(13-15)22(31)30-12-10-17(14-30)28-20-9-11-27-21(29-20)16-5-3-2-4-6-16/h2-9,11,13,17H,10,12,14H2,1H3,(H,27,28,29). The van der Waals surface area contributed by atoms with Gasteiger partial charge in [0.05, 0.1) is 11.1 Å². The summed E-state index contributed by atoms with van der Waals surface area (Å²) in [5, 5.41) is 3.28. The molecule has 1 aliphatic rings. The fraction of sp³-hybridized carbons (Fsp3) is 0.261. The van der Waals surface area contributed by atoms with Crippen molar-refractivity contribution in [1.29, 1.82) is 0 Å². The number of aromatic nitrogens is 2. The molecule has 0 radical (unpaired) electrons. The predicted octanol–water partition coefficient (Wildman–Crippen LogP) is 4.80.